The molecule has 0 spiro atoms. The quantitative estimate of drug-likeness (QED) is 0.472. The first-order valence-corrected chi connectivity index (χ1v) is 4.75. The van der Waals surface area contributed by atoms with Crippen LogP contribution in [0.1, 0.15) is 54.4 Å². The van der Waals surface area contributed by atoms with E-state index >= 15 is 0 Å². The van der Waals surface area contributed by atoms with Gasteiger partial charge in [-0.3, -0.25) is 0 Å². The molecule has 0 amide bonds. The van der Waals surface area contributed by atoms with Crippen molar-refractivity contribution in [1.29, 1.82) is 0 Å². The highest BCUT2D eigenvalue weighted by Crippen LogP contribution is 1.95. The monoisotopic (exact) mass is 173 g/mol. The summed E-state index contributed by atoms with van der Waals surface area (Å²) >= 11 is 0. The summed E-state index contributed by atoms with van der Waals surface area (Å²) in [6, 6.07) is 0. The molecule has 0 saturated heterocycles. The summed E-state index contributed by atoms with van der Waals surface area (Å²) in [6.45, 7) is 12.2. The van der Waals surface area contributed by atoms with E-state index in [0.29, 0.717) is 0 Å². The second-order valence-electron chi connectivity index (χ2n) is 3.07. The van der Waals surface area contributed by atoms with Gasteiger partial charge in [0, 0.05) is 0 Å². The van der Waals surface area contributed by atoms with Crippen LogP contribution in [0.25, 0.3) is 0 Å². The van der Waals surface area contributed by atoms with E-state index < -0.39 is 0 Å². The molecule has 0 aliphatic rings. The first-order chi connectivity index (χ1) is 5.58. The van der Waals surface area contributed by atoms with Crippen LogP contribution < -0.4 is 0 Å². The maximum Gasteiger partial charge on any atom is 0.124 e. The van der Waals surface area contributed by atoms with Gasteiger partial charge in [-0.1, -0.05) is 32.3 Å². The van der Waals surface area contributed by atoms with Gasteiger partial charge in [-0.25, -0.2) is 0 Å². The molecule has 0 aliphatic heterocycles. The Morgan fingerprint density at radius 3 is 1.92 bits per heavy atom. The third-order valence-electron chi connectivity index (χ3n) is 0.990. The fraction of sp³-hybridized carbons (Fsp3) is 0.900. The second-order valence-corrected chi connectivity index (χ2v) is 3.07. The minimum absolute atomic E-state index is 0.250. The van der Waals surface area contributed by atoms with Crippen molar-refractivity contribution < 1.29 is 4.84 Å². The first kappa shape index (κ1) is 14.0. The number of rotatable bonds is 3. The zero-order chi connectivity index (χ0) is 9.98. The van der Waals surface area contributed by atoms with Gasteiger partial charge in [0.05, 0.1) is 5.71 Å². The summed E-state index contributed by atoms with van der Waals surface area (Å²) in [7, 11) is 0. The molecule has 0 rings (SSSR count). The maximum atomic E-state index is 5.04. The van der Waals surface area contributed by atoms with E-state index in [4.69, 9.17) is 4.84 Å². The van der Waals surface area contributed by atoms with Crippen LogP contribution in [0.2, 0.25) is 0 Å². The Kier molecular flexibility index (Phi) is 12.2. The van der Waals surface area contributed by atoms with Gasteiger partial charge in [0.25, 0.3) is 0 Å². The van der Waals surface area contributed by atoms with E-state index in [1.807, 2.05) is 20.8 Å². The molecule has 12 heavy (non-hydrogen) atoms. The van der Waals surface area contributed by atoms with Crippen molar-refractivity contribution in [3.63, 3.8) is 0 Å². The Labute approximate surface area is 77.0 Å². The van der Waals surface area contributed by atoms with Gasteiger partial charge in [-0.2, -0.15) is 0 Å². The lowest BCUT2D eigenvalue weighted by atomic mass is 10.3. The lowest BCUT2D eigenvalue weighted by Crippen LogP contribution is -2.02. The third kappa shape index (κ3) is 16.2. The van der Waals surface area contributed by atoms with Crippen LogP contribution in [0, 0.1) is 0 Å². The van der Waals surface area contributed by atoms with E-state index in [1.54, 1.807) is 0 Å². The number of hydrogen-bond donors (Lipinski definition) is 0. The summed E-state index contributed by atoms with van der Waals surface area (Å²) in [4.78, 5) is 5.04. The van der Waals surface area contributed by atoms with Crippen molar-refractivity contribution >= 4 is 5.71 Å². The minimum Gasteiger partial charge on any atom is -0.393 e. The van der Waals surface area contributed by atoms with E-state index in [1.165, 1.54) is 6.42 Å². The Morgan fingerprint density at radius 2 is 1.67 bits per heavy atom. The molecular weight excluding hydrogens is 150 g/mol. The highest BCUT2D eigenvalue weighted by molar-refractivity contribution is 5.78. The lowest BCUT2D eigenvalue weighted by Gasteiger charge is -2.04. The molecule has 0 aromatic heterocycles. The fourth-order valence-electron chi connectivity index (χ4n) is 0.270. The van der Waals surface area contributed by atoms with Crippen molar-refractivity contribution in [3.8, 4) is 0 Å². The lowest BCUT2D eigenvalue weighted by molar-refractivity contribution is 0.0697. The Balaban J connectivity index is 0. The maximum absolute atomic E-state index is 5.04. The summed E-state index contributed by atoms with van der Waals surface area (Å²) in [5.41, 5.74) is 0.968. The predicted molar refractivity (Wildman–Crippen MR) is 55.6 cm³/mol. The molecule has 1 unspecified atom stereocenters. The van der Waals surface area contributed by atoms with Gasteiger partial charge in [0.15, 0.2) is 0 Å². The van der Waals surface area contributed by atoms with E-state index in [0.717, 1.165) is 12.1 Å². The van der Waals surface area contributed by atoms with Crippen LogP contribution >= 0.6 is 0 Å². The zero-order valence-electron chi connectivity index (χ0n) is 9.35. The summed E-state index contributed by atoms with van der Waals surface area (Å²) in [5.74, 6) is 0. The first-order valence-electron chi connectivity index (χ1n) is 4.75. The van der Waals surface area contributed by atoms with E-state index in [2.05, 4.69) is 25.9 Å². The number of hydrogen-bond acceptors (Lipinski definition) is 2. The SMILES string of the molecule is CCC.CCC(C)ON=C(C)C. The van der Waals surface area contributed by atoms with Gasteiger partial charge in [-0.15, -0.1) is 0 Å². The highest BCUT2D eigenvalue weighted by Gasteiger charge is 1.94. The molecule has 1 atom stereocenters. The van der Waals surface area contributed by atoms with Crippen molar-refractivity contribution in [3.05, 3.63) is 0 Å². The van der Waals surface area contributed by atoms with Gasteiger partial charge in [-0.05, 0) is 27.2 Å². The number of oxime groups is 1. The van der Waals surface area contributed by atoms with Gasteiger partial charge in [0.2, 0.25) is 0 Å². The van der Waals surface area contributed by atoms with Crippen molar-refractivity contribution in [2.24, 2.45) is 5.16 Å². The van der Waals surface area contributed by atoms with Crippen LogP contribution in [0.3, 0.4) is 0 Å². The van der Waals surface area contributed by atoms with E-state index in [-0.39, 0.29) is 6.10 Å². The Morgan fingerprint density at radius 1 is 1.25 bits per heavy atom. The topological polar surface area (TPSA) is 21.6 Å². The van der Waals surface area contributed by atoms with Crippen LogP contribution in [0.15, 0.2) is 5.16 Å². The molecule has 0 aromatic rings. The molecule has 74 valence electrons. The van der Waals surface area contributed by atoms with Crippen LogP contribution in [-0.4, -0.2) is 11.8 Å². The smallest absolute Gasteiger partial charge is 0.124 e. The molecule has 0 bridgehead atoms. The molecule has 0 fully saturated rings. The zero-order valence-corrected chi connectivity index (χ0v) is 9.35. The fourth-order valence-corrected chi connectivity index (χ4v) is 0.270. The molecule has 0 N–H and O–H groups in total. The average Bonchev–Trinajstić information content (AvgIpc) is 2.01. The molecule has 2 heteroatoms. The predicted octanol–water partition coefficient (Wildman–Crippen LogP) is 3.61. The largest absolute Gasteiger partial charge is 0.393 e. The minimum atomic E-state index is 0.250. The van der Waals surface area contributed by atoms with Crippen molar-refractivity contribution in [1.82, 2.24) is 0 Å². The van der Waals surface area contributed by atoms with E-state index in [9.17, 15) is 0 Å². The highest BCUT2D eigenvalue weighted by atomic mass is 16.6. The normalized spacial score (nSPS) is 10.8. The average molecular weight is 173 g/mol. The molecule has 0 aromatic carbocycles. The third-order valence-corrected chi connectivity index (χ3v) is 0.990. The van der Waals surface area contributed by atoms with Gasteiger partial charge < -0.3 is 4.84 Å². The standard InChI is InChI=1S/C7H15NO.C3H8/c1-5-7(4)9-8-6(2)3;1-3-2/h7H,5H2,1-4H3;3H2,1-2H3. The summed E-state index contributed by atoms with van der Waals surface area (Å²) in [6.07, 6.45) is 2.51. The Bertz CT molecular complexity index is 106. The molecule has 2 nitrogen and oxygen atoms in total. The van der Waals surface area contributed by atoms with Crippen molar-refractivity contribution in [2.45, 2.75) is 60.5 Å². The molecule has 0 saturated carbocycles. The molecule has 0 heterocycles. The molecular formula is C10H23NO. The number of nitrogens with zero attached hydrogens (tertiary/aromatic N) is 1. The summed E-state index contributed by atoms with van der Waals surface area (Å²) < 4.78 is 0. The molecule has 0 aliphatic carbocycles. The van der Waals surface area contributed by atoms with Crippen LogP contribution in [-0.2, 0) is 4.84 Å². The van der Waals surface area contributed by atoms with Gasteiger partial charge in [0.1, 0.15) is 6.10 Å². The van der Waals surface area contributed by atoms with Crippen molar-refractivity contribution in [2.75, 3.05) is 0 Å². The van der Waals surface area contributed by atoms with Crippen LogP contribution in [0.4, 0.5) is 0 Å². The Hall–Kier alpha value is -0.530. The van der Waals surface area contributed by atoms with Crippen LogP contribution in [0.5, 0.6) is 0 Å². The second kappa shape index (κ2) is 10.5. The summed E-state index contributed by atoms with van der Waals surface area (Å²) in [5, 5.41) is 3.81. The van der Waals surface area contributed by atoms with Gasteiger partial charge >= 0.3 is 0 Å². The molecule has 0 radical (unpaired) electrons.